The van der Waals surface area contributed by atoms with E-state index in [0.29, 0.717) is 17.3 Å². The first-order chi connectivity index (χ1) is 9.97. The molecule has 1 unspecified atom stereocenters. The van der Waals surface area contributed by atoms with Crippen LogP contribution in [0.1, 0.15) is 24.2 Å². The molecule has 5 nitrogen and oxygen atoms in total. The van der Waals surface area contributed by atoms with E-state index >= 15 is 0 Å². The zero-order chi connectivity index (χ0) is 15.4. The second-order valence-corrected chi connectivity index (χ2v) is 5.21. The monoisotopic (exact) mass is 305 g/mol. The number of nitrogens with one attached hydrogen (secondary N) is 1. The van der Waals surface area contributed by atoms with Crippen molar-refractivity contribution in [1.82, 2.24) is 15.1 Å². The molecular formula is C15H16ClN3O2. The Bertz CT molecular complexity index is 695. The number of benzene rings is 1. The smallest absolute Gasteiger partial charge is 0.267 e. The lowest BCUT2D eigenvalue weighted by Gasteiger charge is -2.14. The number of halogens is 1. The minimum absolute atomic E-state index is 0.259. The SMILES string of the molecule is Cc1ccc(=O)n(C(C)C(=O)NCc2ccc(Cl)cc2)n1. The van der Waals surface area contributed by atoms with Crippen molar-refractivity contribution >= 4 is 17.5 Å². The Hall–Kier alpha value is -2.14. The van der Waals surface area contributed by atoms with Crippen LogP contribution in [-0.4, -0.2) is 15.7 Å². The standard InChI is InChI=1S/C15H16ClN3O2/c1-10-3-8-14(20)19(18-10)11(2)15(21)17-9-12-4-6-13(16)7-5-12/h3-8,11H,9H2,1-2H3,(H,17,21). The van der Waals surface area contributed by atoms with Gasteiger partial charge >= 0.3 is 0 Å². The number of amides is 1. The summed E-state index contributed by atoms with van der Waals surface area (Å²) in [5.74, 6) is -0.259. The van der Waals surface area contributed by atoms with Gasteiger partial charge in [-0.05, 0) is 37.6 Å². The number of hydrogen-bond donors (Lipinski definition) is 1. The average molecular weight is 306 g/mol. The molecule has 1 amide bonds. The summed E-state index contributed by atoms with van der Waals surface area (Å²) < 4.78 is 1.19. The second-order valence-electron chi connectivity index (χ2n) is 4.78. The lowest BCUT2D eigenvalue weighted by Crippen LogP contribution is -2.36. The maximum Gasteiger partial charge on any atom is 0.267 e. The molecule has 0 saturated heterocycles. The third-order valence-electron chi connectivity index (χ3n) is 3.08. The lowest BCUT2D eigenvalue weighted by molar-refractivity contribution is -0.124. The van der Waals surface area contributed by atoms with E-state index in [2.05, 4.69) is 10.4 Å². The van der Waals surface area contributed by atoms with E-state index in [1.807, 2.05) is 12.1 Å². The van der Waals surface area contributed by atoms with Crippen molar-refractivity contribution < 1.29 is 4.79 Å². The Morgan fingerprint density at radius 2 is 1.95 bits per heavy atom. The van der Waals surface area contributed by atoms with Crippen LogP contribution in [0.25, 0.3) is 0 Å². The quantitative estimate of drug-likeness (QED) is 0.940. The summed E-state index contributed by atoms with van der Waals surface area (Å²) in [5.41, 5.74) is 1.33. The van der Waals surface area contributed by atoms with E-state index in [1.54, 1.807) is 32.0 Å². The molecule has 0 aliphatic rings. The van der Waals surface area contributed by atoms with E-state index in [1.165, 1.54) is 10.7 Å². The molecule has 1 aromatic carbocycles. The Kier molecular flexibility index (Phi) is 4.75. The van der Waals surface area contributed by atoms with Gasteiger partial charge in [0.1, 0.15) is 6.04 Å². The maximum absolute atomic E-state index is 12.1. The summed E-state index contributed by atoms with van der Waals surface area (Å²) in [6.07, 6.45) is 0. The highest BCUT2D eigenvalue weighted by atomic mass is 35.5. The van der Waals surface area contributed by atoms with Gasteiger partial charge in [-0.3, -0.25) is 9.59 Å². The summed E-state index contributed by atoms with van der Waals surface area (Å²) in [7, 11) is 0. The van der Waals surface area contributed by atoms with Gasteiger partial charge in [0.05, 0.1) is 5.69 Å². The lowest BCUT2D eigenvalue weighted by atomic mass is 10.2. The van der Waals surface area contributed by atoms with Gasteiger partial charge in [-0.25, -0.2) is 4.68 Å². The minimum Gasteiger partial charge on any atom is -0.350 e. The highest BCUT2D eigenvalue weighted by Gasteiger charge is 2.16. The number of aromatic nitrogens is 2. The van der Waals surface area contributed by atoms with E-state index in [9.17, 15) is 9.59 Å². The number of carbonyl (C=O) groups excluding carboxylic acids is 1. The third-order valence-corrected chi connectivity index (χ3v) is 3.34. The van der Waals surface area contributed by atoms with Crippen LogP contribution < -0.4 is 10.9 Å². The van der Waals surface area contributed by atoms with Crippen molar-refractivity contribution in [3.8, 4) is 0 Å². The van der Waals surface area contributed by atoms with Crippen LogP contribution in [0.15, 0.2) is 41.2 Å². The Labute approximate surface area is 127 Å². The summed E-state index contributed by atoms with van der Waals surface area (Å²) >= 11 is 5.80. The van der Waals surface area contributed by atoms with Gasteiger partial charge in [0, 0.05) is 17.6 Å². The van der Waals surface area contributed by atoms with E-state index in [0.717, 1.165) is 5.56 Å². The molecular weight excluding hydrogens is 290 g/mol. The highest BCUT2D eigenvalue weighted by Crippen LogP contribution is 2.09. The van der Waals surface area contributed by atoms with Crippen LogP contribution in [0.5, 0.6) is 0 Å². The fraction of sp³-hybridized carbons (Fsp3) is 0.267. The van der Waals surface area contributed by atoms with E-state index in [-0.39, 0.29) is 11.5 Å². The summed E-state index contributed by atoms with van der Waals surface area (Å²) in [4.78, 5) is 23.8. The Balaban J connectivity index is 2.04. The fourth-order valence-corrected chi connectivity index (χ4v) is 1.97. The zero-order valence-corrected chi connectivity index (χ0v) is 12.6. The molecule has 0 saturated carbocycles. The molecule has 1 heterocycles. The van der Waals surface area contributed by atoms with Gasteiger partial charge in [-0.1, -0.05) is 23.7 Å². The molecule has 0 aliphatic heterocycles. The van der Waals surface area contributed by atoms with Crippen LogP contribution >= 0.6 is 11.6 Å². The van der Waals surface area contributed by atoms with Gasteiger partial charge in [0.15, 0.2) is 0 Å². The van der Waals surface area contributed by atoms with E-state index < -0.39 is 6.04 Å². The number of aryl methyl sites for hydroxylation is 1. The summed E-state index contributed by atoms with van der Waals surface area (Å²) in [6, 6.07) is 9.57. The molecule has 1 atom stereocenters. The van der Waals surface area contributed by atoms with Crippen LogP contribution in [0.3, 0.4) is 0 Å². The maximum atomic E-state index is 12.1. The predicted octanol–water partition coefficient (Wildman–Crippen LogP) is 2.08. The van der Waals surface area contributed by atoms with Crippen LogP contribution in [0.4, 0.5) is 0 Å². The molecule has 0 bridgehead atoms. The minimum atomic E-state index is -0.662. The number of hydrogen-bond acceptors (Lipinski definition) is 3. The molecule has 1 aromatic heterocycles. The second kappa shape index (κ2) is 6.54. The fourth-order valence-electron chi connectivity index (χ4n) is 1.85. The molecule has 0 fully saturated rings. The zero-order valence-electron chi connectivity index (χ0n) is 11.8. The molecule has 2 rings (SSSR count). The van der Waals surface area contributed by atoms with E-state index in [4.69, 9.17) is 11.6 Å². The summed E-state index contributed by atoms with van der Waals surface area (Å²) in [5, 5.41) is 7.51. The van der Waals surface area contributed by atoms with Crippen LogP contribution in [0.2, 0.25) is 5.02 Å². The third kappa shape index (κ3) is 3.92. The first kappa shape index (κ1) is 15.3. The van der Waals surface area contributed by atoms with Crippen molar-refractivity contribution in [3.05, 3.63) is 63.0 Å². The van der Waals surface area contributed by atoms with Crippen molar-refractivity contribution in [2.24, 2.45) is 0 Å². The predicted molar refractivity (Wildman–Crippen MR) is 81.2 cm³/mol. The topological polar surface area (TPSA) is 64.0 Å². The van der Waals surface area contributed by atoms with Gasteiger partial charge in [0.2, 0.25) is 5.91 Å². The first-order valence-electron chi connectivity index (χ1n) is 6.56. The first-order valence-corrected chi connectivity index (χ1v) is 6.94. The average Bonchev–Trinajstić information content (AvgIpc) is 2.48. The van der Waals surface area contributed by atoms with Crippen molar-refractivity contribution in [1.29, 1.82) is 0 Å². The molecule has 6 heteroatoms. The van der Waals surface area contributed by atoms with Gasteiger partial charge in [-0.2, -0.15) is 5.10 Å². The van der Waals surface area contributed by atoms with Gasteiger partial charge < -0.3 is 5.32 Å². The number of carbonyl (C=O) groups is 1. The molecule has 110 valence electrons. The highest BCUT2D eigenvalue weighted by molar-refractivity contribution is 6.30. The molecule has 0 spiro atoms. The molecule has 21 heavy (non-hydrogen) atoms. The molecule has 2 aromatic rings. The van der Waals surface area contributed by atoms with Crippen molar-refractivity contribution in [3.63, 3.8) is 0 Å². The van der Waals surface area contributed by atoms with Crippen molar-refractivity contribution in [2.45, 2.75) is 26.4 Å². The molecule has 0 radical (unpaired) electrons. The van der Waals surface area contributed by atoms with Gasteiger partial charge in [-0.15, -0.1) is 0 Å². The molecule has 0 aliphatic carbocycles. The molecule has 1 N–H and O–H groups in total. The number of rotatable bonds is 4. The Morgan fingerprint density at radius 1 is 1.29 bits per heavy atom. The van der Waals surface area contributed by atoms with Gasteiger partial charge in [0.25, 0.3) is 5.56 Å². The summed E-state index contributed by atoms with van der Waals surface area (Å²) in [6.45, 7) is 3.79. The normalized spacial score (nSPS) is 12.0. The van der Waals surface area contributed by atoms with Crippen LogP contribution in [0, 0.1) is 6.92 Å². The largest absolute Gasteiger partial charge is 0.350 e. The van der Waals surface area contributed by atoms with Crippen molar-refractivity contribution in [2.75, 3.05) is 0 Å². The van der Waals surface area contributed by atoms with Crippen LogP contribution in [-0.2, 0) is 11.3 Å². The number of nitrogens with zero attached hydrogens (tertiary/aromatic N) is 2. The Morgan fingerprint density at radius 3 is 2.62 bits per heavy atom.